The number of hydrogen-bond acceptors (Lipinski definition) is 4. The summed E-state index contributed by atoms with van der Waals surface area (Å²) in [6.45, 7) is 3.00. The van der Waals surface area contributed by atoms with Gasteiger partial charge in [0, 0.05) is 10.0 Å². The number of amides is 1. The number of nitrogens with zero attached hydrogens (tertiary/aromatic N) is 2. The van der Waals surface area contributed by atoms with Gasteiger partial charge in [-0.1, -0.05) is 59.6 Å². The van der Waals surface area contributed by atoms with Crippen LogP contribution in [0, 0.1) is 6.92 Å². The Balaban J connectivity index is 1.90. The van der Waals surface area contributed by atoms with Gasteiger partial charge in [-0.05, 0) is 61.4 Å². The molecule has 0 aliphatic rings. The van der Waals surface area contributed by atoms with Crippen LogP contribution in [0.25, 0.3) is 0 Å². The van der Waals surface area contributed by atoms with Crippen LogP contribution in [-0.2, 0) is 14.8 Å². The van der Waals surface area contributed by atoms with Gasteiger partial charge in [0.1, 0.15) is 6.54 Å². The Morgan fingerprint density at radius 2 is 1.59 bits per heavy atom. The predicted octanol–water partition coefficient (Wildman–Crippen LogP) is 5.04. The number of sulfonamides is 1. The molecule has 3 aromatic carbocycles. The number of carbonyl (C=O) groups is 1. The van der Waals surface area contributed by atoms with E-state index in [1.54, 1.807) is 68.4 Å². The van der Waals surface area contributed by atoms with Crippen LogP contribution in [0.15, 0.2) is 82.8 Å². The van der Waals surface area contributed by atoms with Gasteiger partial charge in [0.25, 0.3) is 15.9 Å². The molecule has 0 saturated heterocycles. The maximum atomic E-state index is 13.4. The third-order valence-electron chi connectivity index (χ3n) is 4.67. The van der Waals surface area contributed by atoms with Crippen LogP contribution in [-0.4, -0.2) is 26.6 Å². The average Bonchev–Trinajstić information content (AvgIpc) is 2.78. The van der Waals surface area contributed by atoms with Crippen LogP contribution < -0.4 is 9.73 Å². The quantitative estimate of drug-likeness (QED) is 0.373. The fourth-order valence-electron chi connectivity index (χ4n) is 2.94. The Kier molecular flexibility index (Phi) is 7.56. The SMILES string of the molecule is C/C(=N/NC(=O)CN(c1cc(Cl)ccc1C)S(=O)(=O)c1ccccc1)c1ccc(Cl)cc1. The Bertz CT molecular complexity index is 1250. The van der Waals surface area contributed by atoms with Crippen molar-refractivity contribution in [3.63, 3.8) is 0 Å². The summed E-state index contributed by atoms with van der Waals surface area (Å²) < 4.78 is 27.8. The van der Waals surface area contributed by atoms with Gasteiger partial charge in [-0.3, -0.25) is 9.10 Å². The lowest BCUT2D eigenvalue weighted by molar-refractivity contribution is -0.119. The van der Waals surface area contributed by atoms with Crippen LogP contribution >= 0.6 is 23.2 Å². The largest absolute Gasteiger partial charge is 0.271 e. The van der Waals surface area contributed by atoms with E-state index in [9.17, 15) is 13.2 Å². The van der Waals surface area contributed by atoms with Crippen LogP contribution in [0.2, 0.25) is 10.0 Å². The van der Waals surface area contributed by atoms with E-state index in [-0.39, 0.29) is 4.90 Å². The first-order valence-corrected chi connectivity index (χ1v) is 11.8. The maximum Gasteiger partial charge on any atom is 0.264 e. The van der Waals surface area contributed by atoms with E-state index >= 15 is 0 Å². The average molecular weight is 490 g/mol. The van der Waals surface area contributed by atoms with Gasteiger partial charge in [-0.15, -0.1) is 0 Å². The van der Waals surface area contributed by atoms with Crippen LogP contribution in [0.4, 0.5) is 5.69 Å². The molecule has 6 nitrogen and oxygen atoms in total. The van der Waals surface area contributed by atoms with Crippen LogP contribution in [0.1, 0.15) is 18.1 Å². The van der Waals surface area contributed by atoms with E-state index in [0.29, 0.717) is 27.0 Å². The van der Waals surface area contributed by atoms with Gasteiger partial charge >= 0.3 is 0 Å². The molecule has 32 heavy (non-hydrogen) atoms. The van der Waals surface area contributed by atoms with Crippen molar-refractivity contribution in [3.05, 3.63) is 94.0 Å². The molecule has 0 bridgehead atoms. The molecule has 0 atom stereocenters. The number of carbonyl (C=O) groups excluding carboxylic acids is 1. The predicted molar refractivity (Wildman–Crippen MR) is 129 cm³/mol. The summed E-state index contributed by atoms with van der Waals surface area (Å²) >= 11 is 12.0. The highest BCUT2D eigenvalue weighted by molar-refractivity contribution is 7.92. The summed E-state index contributed by atoms with van der Waals surface area (Å²) in [6, 6.07) is 19.8. The molecule has 0 saturated carbocycles. The van der Waals surface area contributed by atoms with Crippen LogP contribution in [0.5, 0.6) is 0 Å². The molecule has 3 rings (SSSR count). The highest BCUT2D eigenvalue weighted by atomic mass is 35.5. The van der Waals surface area contributed by atoms with Crippen molar-refractivity contribution in [1.29, 1.82) is 0 Å². The second-order valence-electron chi connectivity index (χ2n) is 6.99. The minimum Gasteiger partial charge on any atom is -0.271 e. The molecule has 0 spiro atoms. The Hall–Kier alpha value is -2.87. The van der Waals surface area contributed by atoms with Gasteiger partial charge < -0.3 is 0 Å². The zero-order valence-corrected chi connectivity index (χ0v) is 19.7. The van der Waals surface area contributed by atoms with Gasteiger partial charge in [0.15, 0.2) is 0 Å². The van der Waals surface area contributed by atoms with E-state index in [0.717, 1.165) is 9.87 Å². The first-order chi connectivity index (χ1) is 15.2. The van der Waals surface area contributed by atoms with E-state index < -0.39 is 22.5 Å². The van der Waals surface area contributed by atoms with E-state index in [1.165, 1.54) is 18.2 Å². The topological polar surface area (TPSA) is 78.8 Å². The van der Waals surface area contributed by atoms with E-state index in [2.05, 4.69) is 10.5 Å². The van der Waals surface area contributed by atoms with Crippen molar-refractivity contribution in [2.75, 3.05) is 10.8 Å². The fraction of sp³-hybridized carbons (Fsp3) is 0.130. The molecule has 0 fully saturated rings. The van der Waals surface area contributed by atoms with Gasteiger partial charge in [0.05, 0.1) is 16.3 Å². The number of hydrogen-bond donors (Lipinski definition) is 1. The highest BCUT2D eigenvalue weighted by Crippen LogP contribution is 2.29. The fourth-order valence-corrected chi connectivity index (χ4v) is 4.73. The summed E-state index contributed by atoms with van der Waals surface area (Å²) in [6.07, 6.45) is 0. The summed E-state index contributed by atoms with van der Waals surface area (Å²) in [5.74, 6) is -0.600. The van der Waals surface area contributed by atoms with E-state index in [1.807, 2.05) is 0 Å². The molecule has 3 aromatic rings. The molecule has 1 amide bonds. The second kappa shape index (κ2) is 10.2. The molecule has 166 valence electrons. The van der Waals surface area contributed by atoms with Crippen molar-refractivity contribution < 1.29 is 13.2 Å². The molecule has 0 radical (unpaired) electrons. The van der Waals surface area contributed by atoms with Crippen molar-refractivity contribution in [3.8, 4) is 0 Å². The van der Waals surface area contributed by atoms with Crippen LogP contribution in [0.3, 0.4) is 0 Å². The maximum absolute atomic E-state index is 13.4. The number of benzene rings is 3. The summed E-state index contributed by atoms with van der Waals surface area (Å²) in [4.78, 5) is 12.8. The molecule has 0 unspecified atom stereocenters. The van der Waals surface area contributed by atoms with Crippen molar-refractivity contribution in [2.45, 2.75) is 18.7 Å². The van der Waals surface area contributed by atoms with E-state index in [4.69, 9.17) is 23.2 Å². The number of hydrazone groups is 1. The lowest BCUT2D eigenvalue weighted by Crippen LogP contribution is -2.40. The highest BCUT2D eigenvalue weighted by Gasteiger charge is 2.28. The smallest absolute Gasteiger partial charge is 0.264 e. The molecule has 0 aliphatic carbocycles. The number of aryl methyl sites for hydroxylation is 1. The van der Waals surface area contributed by atoms with Crippen molar-refractivity contribution in [2.24, 2.45) is 5.10 Å². The Morgan fingerprint density at radius 3 is 2.25 bits per heavy atom. The molecular formula is C23H21Cl2N3O3S. The van der Waals surface area contributed by atoms with Gasteiger partial charge in [0.2, 0.25) is 0 Å². The lowest BCUT2D eigenvalue weighted by Gasteiger charge is -2.25. The molecule has 1 N–H and O–H groups in total. The number of halogens is 2. The first-order valence-electron chi connectivity index (χ1n) is 9.61. The summed E-state index contributed by atoms with van der Waals surface area (Å²) in [5, 5.41) is 5.04. The lowest BCUT2D eigenvalue weighted by atomic mass is 10.1. The van der Waals surface area contributed by atoms with Gasteiger partial charge in [-0.2, -0.15) is 5.10 Å². The normalized spacial score (nSPS) is 11.8. The standard InChI is InChI=1S/C23H21Cl2N3O3S/c1-16-8-11-20(25)14-22(16)28(32(30,31)21-6-4-3-5-7-21)15-23(29)27-26-17(2)18-9-12-19(24)13-10-18/h3-14H,15H2,1-2H3,(H,27,29)/b26-17-. The zero-order valence-electron chi connectivity index (χ0n) is 17.4. The Morgan fingerprint density at radius 1 is 0.969 bits per heavy atom. The minimum absolute atomic E-state index is 0.0630. The monoisotopic (exact) mass is 489 g/mol. The molecule has 0 aromatic heterocycles. The first kappa shape index (κ1) is 23.8. The summed E-state index contributed by atoms with van der Waals surface area (Å²) in [5.41, 5.74) is 4.72. The van der Waals surface area contributed by atoms with Gasteiger partial charge in [-0.25, -0.2) is 13.8 Å². The zero-order chi connectivity index (χ0) is 23.3. The molecule has 0 aliphatic heterocycles. The molecule has 0 heterocycles. The number of anilines is 1. The molecular weight excluding hydrogens is 469 g/mol. The Labute approximate surface area is 197 Å². The third-order valence-corrected chi connectivity index (χ3v) is 6.93. The number of rotatable bonds is 7. The summed E-state index contributed by atoms with van der Waals surface area (Å²) in [7, 11) is -4.03. The molecule has 9 heteroatoms. The third kappa shape index (κ3) is 5.68. The minimum atomic E-state index is -4.03. The van der Waals surface area contributed by atoms with Crippen molar-refractivity contribution >= 4 is 50.5 Å². The second-order valence-corrected chi connectivity index (χ2v) is 9.73. The number of nitrogens with one attached hydrogen (secondary N) is 1. The van der Waals surface area contributed by atoms with Crippen molar-refractivity contribution in [1.82, 2.24) is 5.43 Å².